The van der Waals surface area contributed by atoms with Gasteiger partial charge in [0.25, 0.3) is 0 Å². The lowest BCUT2D eigenvalue weighted by atomic mass is 10.1. The van der Waals surface area contributed by atoms with Gasteiger partial charge in [-0.3, -0.25) is 4.98 Å². The summed E-state index contributed by atoms with van der Waals surface area (Å²) < 4.78 is 4.97. The number of rotatable bonds is 3. The Balaban J connectivity index is 2.26. The van der Waals surface area contributed by atoms with E-state index in [1.54, 1.807) is 12.4 Å². The molecule has 74 valence electrons. The van der Waals surface area contributed by atoms with E-state index in [2.05, 4.69) is 4.98 Å². The van der Waals surface area contributed by atoms with E-state index in [1.807, 2.05) is 13.0 Å². The highest BCUT2D eigenvalue weighted by Gasteiger charge is 2.28. The first-order chi connectivity index (χ1) is 6.83. The molecule has 0 aliphatic heterocycles. The van der Waals surface area contributed by atoms with E-state index in [9.17, 15) is 4.79 Å². The van der Waals surface area contributed by atoms with Crippen LogP contribution >= 0.6 is 0 Å². The molecule has 0 radical (unpaired) electrons. The molecule has 0 unspecified atom stereocenters. The van der Waals surface area contributed by atoms with Gasteiger partial charge in [-0.1, -0.05) is 0 Å². The van der Waals surface area contributed by atoms with Crippen LogP contribution in [-0.4, -0.2) is 17.6 Å². The van der Waals surface area contributed by atoms with Crippen molar-refractivity contribution >= 4 is 5.97 Å². The third-order valence-electron chi connectivity index (χ3n) is 2.37. The molecule has 1 saturated carbocycles. The molecular weight excluding hydrogens is 178 g/mol. The fourth-order valence-electron chi connectivity index (χ4n) is 1.53. The molecule has 1 aliphatic rings. The van der Waals surface area contributed by atoms with Crippen LogP contribution in [0.3, 0.4) is 0 Å². The van der Waals surface area contributed by atoms with Gasteiger partial charge in [-0.25, -0.2) is 4.79 Å². The number of hydrogen-bond donors (Lipinski definition) is 0. The fourth-order valence-corrected chi connectivity index (χ4v) is 1.53. The topological polar surface area (TPSA) is 39.2 Å². The summed E-state index contributed by atoms with van der Waals surface area (Å²) >= 11 is 0. The molecule has 0 bridgehead atoms. The molecule has 1 aliphatic carbocycles. The van der Waals surface area contributed by atoms with Gasteiger partial charge < -0.3 is 4.74 Å². The van der Waals surface area contributed by atoms with Gasteiger partial charge in [0.05, 0.1) is 12.2 Å². The van der Waals surface area contributed by atoms with Gasteiger partial charge >= 0.3 is 5.97 Å². The lowest BCUT2D eigenvalue weighted by Gasteiger charge is -2.06. The van der Waals surface area contributed by atoms with Gasteiger partial charge in [0.1, 0.15) is 0 Å². The maximum absolute atomic E-state index is 11.5. The molecule has 2 rings (SSSR count). The van der Waals surface area contributed by atoms with Crippen molar-refractivity contribution in [1.82, 2.24) is 4.98 Å². The van der Waals surface area contributed by atoms with Gasteiger partial charge in [0, 0.05) is 12.4 Å². The standard InChI is InChI=1S/C11H13NO2/c1-2-14-11(13)10-7-12-6-5-9(10)8-3-4-8/h5-8H,2-4H2,1H3. The monoisotopic (exact) mass is 191 g/mol. The van der Waals surface area contributed by atoms with Crippen LogP contribution in [0, 0.1) is 0 Å². The Morgan fingerprint density at radius 3 is 3.07 bits per heavy atom. The highest BCUT2D eigenvalue weighted by atomic mass is 16.5. The SMILES string of the molecule is CCOC(=O)c1cnccc1C1CC1. The third kappa shape index (κ3) is 1.76. The van der Waals surface area contributed by atoms with Gasteiger partial charge in [0.2, 0.25) is 0 Å². The summed E-state index contributed by atoms with van der Waals surface area (Å²) in [5.74, 6) is 0.305. The number of carbonyl (C=O) groups is 1. The quantitative estimate of drug-likeness (QED) is 0.687. The molecule has 1 aromatic rings. The van der Waals surface area contributed by atoms with Crippen LogP contribution in [0.4, 0.5) is 0 Å². The van der Waals surface area contributed by atoms with Crippen LogP contribution in [-0.2, 0) is 4.74 Å². The van der Waals surface area contributed by atoms with Crippen molar-refractivity contribution in [1.29, 1.82) is 0 Å². The summed E-state index contributed by atoms with van der Waals surface area (Å²) in [6.45, 7) is 2.23. The van der Waals surface area contributed by atoms with Crippen molar-refractivity contribution in [2.24, 2.45) is 0 Å². The summed E-state index contributed by atoms with van der Waals surface area (Å²) in [4.78, 5) is 15.5. The van der Waals surface area contributed by atoms with Crippen molar-refractivity contribution in [3.05, 3.63) is 29.6 Å². The van der Waals surface area contributed by atoms with E-state index in [0.29, 0.717) is 18.1 Å². The van der Waals surface area contributed by atoms with Crippen LogP contribution in [0.15, 0.2) is 18.5 Å². The van der Waals surface area contributed by atoms with Gasteiger partial charge in [-0.05, 0) is 37.3 Å². The van der Waals surface area contributed by atoms with Crippen molar-refractivity contribution in [3.63, 3.8) is 0 Å². The van der Waals surface area contributed by atoms with Crippen LogP contribution in [0.25, 0.3) is 0 Å². The first-order valence-electron chi connectivity index (χ1n) is 4.94. The van der Waals surface area contributed by atoms with E-state index in [0.717, 1.165) is 5.56 Å². The Kier molecular flexibility index (Phi) is 2.48. The predicted molar refractivity (Wildman–Crippen MR) is 52.2 cm³/mol. The molecule has 1 aromatic heterocycles. The number of nitrogens with zero attached hydrogens (tertiary/aromatic N) is 1. The second kappa shape index (κ2) is 3.78. The average molecular weight is 191 g/mol. The normalized spacial score (nSPS) is 15.2. The molecule has 0 N–H and O–H groups in total. The molecule has 1 fully saturated rings. The summed E-state index contributed by atoms with van der Waals surface area (Å²) in [7, 11) is 0. The minimum absolute atomic E-state index is 0.248. The molecule has 1 heterocycles. The predicted octanol–water partition coefficient (Wildman–Crippen LogP) is 2.14. The van der Waals surface area contributed by atoms with Crippen LogP contribution in [0.1, 0.15) is 41.6 Å². The molecular formula is C11H13NO2. The zero-order valence-electron chi connectivity index (χ0n) is 8.19. The Morgan fingerprint density at radius 1 is 1.64 bits per heavy atom. The second-order valence-corrected chi connectivity index (χ2v) is 3.46. The zero-order chi connectivity index (χ0) is 9.97. The number of ether oxygens (including phenoxy) is 1. The minimum Gasteiger partial charge on any atom is -0.462 e. The van der Waals surface area contributed by atoms with Gasteiger partial charge in [-0.2, -0.15) is 0 Å². The smallest absolute Gasteiger partial charge is 0.339 e. The molecule has 0 spiro atoms. The Bertz CT molecular complexity index is 345. The van der Waals surface area contributed by atoms with Crippen molar-refractivity contribution in [2.45, 2.75) is 25.7 Å². The van der Waals surface area contributed by atoms with Gasteiger partial charge in [-0.15, -0.1) is 0 Å². The fraction of sp³-hybridized carbons (Fsp3) is 0.455. The van der Waals surface area contributed by atoms with E-state index in [4.69, 9.17) is 4.74 Å². The highest BCUT2D eigenvalue weighted by molar-refractivity contribution is 5.91. The second-order valence-electron chi connectivity index (χ2n) is 3.46. The van der Waals surface area contributed by atoms with E-state index in [1.165, 1.54) is 12.8 Å². The number of hydrogen-bond acceptors (Lipinski definition) is 3. The highest BCUT2D eigenvalue weighted by Crippen LogP contribution is 2.41. The summed E-state index contributed by atoms with van der Waals surface area (Å²) in [5, 5.41) is 0. The first kappa shape index (κ1) is 9.19. The number of aromatic nitrogens is 1. The first-order valence-corrected chi connectivity index (χ1v) is 4.94. The number of esters is 1. The van der Waals surface area contributed by atoms with Crippen molar-refractivity contribution in [3.8, 4) is 0 Å². The summed E-state index contributed by atoms with van der Waals surface area (Å²) in [5.41, 5.74) is 1.73. The lowest BCUT2D eigenvalue weighted by molar-refractivity contribution is 0.0524. The Morgan fingerprint density at radius 2 is 2.43 bits per heavy atom. The van der Waals surface area contributed by atoms with Crippen LogP contribution in [0.5, 0.6) is 0 Å². The largest absolute Gasteiger partial charge is 0.462 e. The third-order valence-corrected chi connectivity index (χ3v) is 2.37. The molecule has 14 heavy (non-hydrogen) atoms. The van der Waals surface area contributed by atoms with Crippen molar-refractivity contribution in [2.75, 3.05) is 6.61 Å². The average Bonchev–Trinajstić information content (AvgIpc) is 3.01. The molecule has 0 saturated heterocycles. The molecule has 0 amide bonds. The molecule has 0 atom stereocenters. The molecule has 3 nitrogen and oxygen atoms in total. The van der Waals surface area contributed by atoms with E-state index in [-0.39, 0.29) is 5.97 Å². The maximum atomic E-state index is 11.5. The van der Waals surface area contributed by atoms with E-state index >= 15 is 0 Å². The van der Waals surface area contributed by atoms with Crippen LogP contribution in [0.2, 0.25) is 0 Å². The summed E-state index contributed by atoms with van der Waals surface area (Å²) in [6, 6.07) is 1.92. The number of carbonyl (C=O) groups excluding carboxylic acids is 1. The summed E-state index contributed by atoms with van der Waals surface area (Å²) in [6.07, 6.45) is 5.69. The Hall–Kier alpha value is -1.38. The van der Waals surface area contributed by atoms with Gasteiger partial charge in [0.15, 0.2) is 0 Å². The Labute approximate surface area is 83.1 Å². The van der Waals surface area contributed by atoms with Crippen molar-refractivity contribution < 1.29 is 9.53 Å². The van der Waals surface area contributed by atoms with Crippen LogP contribution < -0.4 is 0 Å². The van der Waals surface area contributed by atoms with E-state index < -0.39 is 0 Å². The minimum atomic E-state index is -0.248. The number of pyridine rings is 1. The molecule has 0 aromatic carbocycles. The maximum Gasteiger partial charge on any atom is 0.339 e. The lowest BCUT2D eigenvalue weighted by Crippen LogP contribution is -2.08. The zero-order valence-corrected chi connectivity index (χ0v) is 8.19. The molecule has 3 heteroatoms.